The number of Topliss-reactive ketones (excluding diaryl/α,β-unsaturated/α-hetero) is 1. The van der Waals surface area contributed by atoms with Gasteiger partial charge in [-0.05, 0) is 37.0 Å². The Hall–Kier alpha value is -2.46. The van der Waals surface area contributed by atoms with Gasteiger partial charge in [0.1, 0.15) is 5.41 Å². The number of carbonyl (C=O) groups excluding carboxylic acids is 2. The first-order valence-electron chi connectivity index (χ1n) is 9.61. The lowest BCUT2D eigenvalue weighted by molar-refractivity contribution is -0.166. The summed E-state index contributed by atoms with van der Waals surface area (Å²) >= 11 is 0. The quantitative estimate of drug-likeness (QED) is 0.618. The van der Waals surface area contributed by atoms with Gasteiger partial charge in [0, 0.05) is 19.6 Å². The molecule has 140 valence electrons. The van der Waals surface area contributed by atoms with Crippen LogP contribution >= 0.6 is 0 Å². The molecule has 1 aliphatic heterocycles. The van der Waals surface area contributed by atoms with E-state index in [1.165, 1.54) is 5.56 Å². The van der Waals surface area contributed by atoms with E-state index in [2.05, 4.69) is 35.2 Å². The third kappa shape index (κ3) is 3.08. The number of piperidine rings is 1. The minimum absolute atomic E-state index is 0.0309. The van der Waals surface area contributed by atoms with Gasteiger partial charge in [0.25, 0.3) is 0 Å². The summed E-state index contributed by atoms with van der Waals surface area (Å²) in [4.78, 5) is 28.6. The van der Waals surface area contributed by atoms with Crippen molar-refractivity contribution < 1.29 is 14.3 Å². The first-order chi connectivity index (χ1) is 13.0. The molecule has 1 fully saturated rings. The fourth-order valence-electron chi connectivity index (χ4n) is 4.57. The number of nitrogens with zero attached hydrogens (tertiary/aromatic N) is 1. The van der Waals surface area contributed by atoms with Crippen LogP contribution < -0.4 is 0 Å². The molecule has 0 spiro atoms. The number of benzene rings is 2. The van der Waals surface area contributed by atoms with Crippen LogP contribution in [-0.2, 0) is 27.3 Å². The molecule has 1 aliphatic carbocycles. The van der Waals surface area contributed by atoms with Crippen molar-refractivity contribution in [1.29, 1.82) is 0 Å². The topological polar surface area (TPSA) is 46.6 Å². The number of carbonyl (C=O) groups is 2. The van der Waals surface area contributed by atoms with Gasteiger partial charge in [0.2, 0.25) is 0 Å². The van der Waals surface area contributed by atoms with Crippen LogP contribution in [0, 0.1) is 12.3 Å². The fraction of sp³-hybridized carbons (Fsp3) is 0.391. The normalized spacial score (nSPS) is 24.4. The first kappa shape index (κ1) is 17.9. The molecule has 4 heteroatoms. The Morgan fingerprint density at radius 1 is 1.22 bits per heavy atom. The van der Waals surface area contributed by atoms with Gasteiger partial charge < -0.3 is 4.74 Å². The second-order valence-electron chi connectivity index (χ2n) is 7.75. The summed E-state index contributed by atoms with van der Waals surface area (Å²) in [5, 5.41) is 0. The molecule has 4 rings (SSSR count). The molecule has 1 saturated heterocycles. The number of ether oxygens (including phenoxy) is 1. The lowest BCUT2D eigenvalue weighted by Gasteiger charge is -2.47. The van der Waals surface area contributed by atoms with Crippen molar-refractivity contribution in [3.8, 4) is 0 Å². The molecule has 0 aromatic heterocycles. The van der Waals surface area contributed by atoms with Gasteiger partial charge in [0.05, 0.1) is 12.5 Å². The largest absolute Gasteiger partial charge is 0.465 e. The summed E-state index contributed by atoms with van der Waals surface area (Å²) in [6.45, 7) is 5.92. The highest BCUT2D eigenvalue weighted by molar-refractivity contribution is 6.09. The molecule has 2 bridgehead atoms. The van der Waals surface area contributed by atoms with Crippen LogP contribution in [0.4, 0.5) is 0 Å². The molecule has 0 amide bonds. The van der Waals surface area contributed by atoms with E-state index < -0.39 is 5.41 Å². The Kier molecular flexibility index (Phi) is 4.60. The van der Waals surface area contributed by atoms with Crippen molar-refractivity contribution in [3.05, 3.63) is 70.8 Å². The van der Waals surface area contributed by atoms with Crippen LogP contribution in [-0.4, -0.2) is 36.3 Å². The summed E-state index contributed by atoms with van der Waals surface area (Å²) < 4.78 is 5.38. The molecule has 4 nitrogen and oxygen atoms in total. The highest BCUT2D eigenvalue weighted by Crippen LogP contribution is 2.45. The monoisotopic (exact) mass is 363 g/mol. The molecule has 0 radical (unpaired) electrons. The minimum atomic E-state index is -1.09. The zero-order valence-corrected chi connectivity index (χ0v) is 15.9. The zero-order chi connectivity index (χ0) is 19.0. The maximum atomic E-state index is 13.4. The van der Waals surface area contributed by atoms with Crippen molar-refractivity contribution in [1.82, 2.24) is 4.90 Å². The van der Waals surface area contributed by atoms with Crippen LogP contribution in [0.5, 0.6) is 0 Å². The van der Waals surface area contributed by atoms with Crippen LogP contribution in [0.15, 0.2) is 48.5 Å². The fourth-order valence-corrected chi connectivity index (χ4v) is 4.57. The summed E-state index contributed by atoms with van der Waals surface area (Å²) in [6, 6.07) is 16.4. The molecule has 0 saturated carbocycles. The van der Waals surface area contributed by atoms with Gasteiger partial charge in [-0.25, -0.2) is 0 Å². The number of likely N-dealkylation sites (tertiary alicyclic amines) is 1. The smallest absolute Gasteiger partial charge is 0.321 e. The Labute approximate surface area is 160 Å². The number of hydrogen-bond acceptors (Lipinski definition) is 4. The maximum Gasteiger partial charge on any atom is 0.321 e. The van der Waals surface area contributed by atoms with Crippen LogP contribution in [0.2, 0.25) is 0 Å². The van der Waals surface area contributed by atoms with Gasteiger partial charge in [0.15, 0.2) is 5.78 Å². The van der Waals surface area contributed by atoms with Gasteiger partial charge in [-0.3, -0.25) is 14.5 Å². The second kappa shape index (κ2) is 6.93. The van der Waals surface area contributed by atoms with Gasteiger partial charge >= 0.3 is 5.97 Å². The van der Waals surface area contributed by atoms with Crippen molar-refractivity contribution in [2.24, 2.45) is 5.41 Å². The molecule has 1 heterocycles. The Morgan fingerprint density at radius 2 is 2.00 bits per heavy atom. The van der Waals surface area contributed by atoms with Crippen LogP contribution in [0.25, 0.3) is 0 Å². The molecule has 2 aliphatic rings. The Bertz CT molecular complexity index is 876. The molecular formula is C23H25NO3. The molecule has 2 aromatic carbocycles. The van der Waals surface area contributed by atoms with E-state index in [-0.39, 0.29) is 24.3 Å². The SMILES string of the molecule is CCOC(=O)C12Cc3ccc(C)cc3C(CN(Cc3ccccc3)C1)C2=O. The summed E-state index contributed by atoms with van der Waals surface area (Å²) in [5.41, 5.74) is 3.43. The van der Waals surface area contributed by atoms with Crippen LogP contribution in [0.3, 0.4) is 0 Å². The number of aryl methyl sites for hydroxylation is 1. The molecule has 2 atom stereocenters. The van der Waals surface area contributed by atoms with E-state index in [1.807, 2.05) is 25.1 Å². The van der Waals surface area contributed by atoms with E-state index in [4.69, 9.17) is 4.74 Å². The lowest BCUT2D eigenvalue weighted by Crippen LogP contribution is -2.60. The number of fused-ring (bicyclic) bond motifs is 4. The number of rotatable bonds is 4. The van der Waals surface area contributed by atoms with E-state index >= 15 is 0 Å². The van der Waals surface area contributed by atoms with E-state index in [9.17, 15) is 9.59 Å². The van der Waals surface area contributed by atoms with Crippen molar-refractivity contribution in [2.45, 2.75) is 32.7 Å². The predicted octanol–water partition coefficient (Wildman–Crippen LogP) is 3.27. The van der Waals surface area contributed by atoms with Gasteiger partial charge in [-0.1, -0.05) is 54.1 Å². The third-order valence-electron chi connectivity index (χ3n) is 5.81. The summed E-state index contributed by atoms with van der Waals surface area (Å²) in [6.07, 6.45) is 0.433. The van der Waals surface area contributed by atoms with Gasteiger partial charge in [-0.15, -0.1) is 0 Å². The number of ketones is 1. The summed E-state index contributed by atoms with van der Waals surface area (Å²) in [7, 11) is 0. The number of esters is 1. The molecule has 27 heavy (non-hydrogen) atoms. The molecule has 2 aromatic rings. The standard InChI is InChI=1S/C23H25NO3/c1-3-27-22(26)23-12-18-10-9-16(2)11-19(18)20(21(23)25)14-24(15-23)13-17-7-5-4-6-8-17/h4-11,20H,3,12-15H2,1-2H3. The predicted molar refractivity (Wildman–Crippen MR) is 103 cm³/mol. The van der Waals surface area contributed by atoms with Gasteiger partial charge in [-0.2, -0.15) is 0 Å². The Balaban J connectivity index is 1.74. The highest BCUT2D eigenvalue weighted by Gasteiger charge is 2.57. The third-order valence-corrected chi connectivity index (χ3v) is 5.81. The average Bonchev–Trinajstić information content (AvgIpc) is 2.65. The molecular weight excluding hydrogens is 338 g/mol. The highest BCUT2D eigenvalue weighted by atomic mass is 16.5. The van der Waals surface area contributed by atoms with E-state index in [0.29, 0.717) is 19.5 Å². The summed E-state index contributed by atoms with van der Waals surface area (Å²) in [5.74, 6) is -0.608. The van der Waals surface area contributed by atoms with E-state index in [1.54, 1.807) is 6.92 Å². The Morgan fingerprint density at radius 3 is 2.74 bits per heavy atom. The lowest BCUT2D eigenvalue weighted by atomic mass is 9.63. The second-order valence-corrected chi connectivity index (χ2v) is 7.75. The average molecular weight is 363 g/mol. The van der Waals surface area contributed by atoms with Crippen LogP contribution in [0.1, 0.15) is 35.1 Å². The molecule has 0 N–H and O–H groups in total. The van der Waals surface area contributed by atoms with Crippen molar-refractivity contribution in [3.63, 3.8) is 0 Å². The van der Waals surface area contributed by atoms with Crippen molar-refractivity contribution in [2.75, 3.05) is 19.7 Å². The number of hydrogen-bond donors (Lipinski definition) is 0. The van der Waals surface area contributed by atoms with Crippen molar-refractivity contribution >= 4 is 11.8 Å². The molecule has 2 unspecified atom stereocenters. The minimum Gasteiger partial charge on any atom is -0.465 e. The van der Waals surface area contributed by atoms with E-state index in [0.717, 1.165) is 23.2 Å². The zero-order valence-electron chi connectivity index (χ0n) is 15.9. The maximum absolute atomic E-state index is 13.4. The first-order valence-corrected chi connectivity index (χ1v) is 9.61.